The molecule has 4 aromatic rings. The third-order valence-corrected chi connectivity index (χ3v) is 9.38. The summed E-state index contributed by atoms with van der Waals surface area (Å²) in [4.78, 5) is 53.1. The Labute approximate surface area is 259 Å². The lowest BCUT2D eigenvalue weighted by Gasteiger charge is -2.42. The van der Waals surface area contributed by atoms with Gasteiger partial charge in [0, 0.05) is 23.0 Å². The van der Waals surface area contributed by atoms with E-state index in [0.717, 1.165) is 32.7 Å². The lowest BCUT2D eigenvalue weighted by molar-refractivity contribution is -0.126. The highest BCUT2D eigenvalue weighted by Gasteiger charge is 2.50. The zero-order valence-corrected chi connectivity index (χ0v) is 25.1. The van der Waals surface area contributed by atoms with Crippen molar-refractivity contribution < 1.29 is 14.4 Å². The van der Waals surface area contributed by atoms with E-state index in [-0.39, 0.29) is 30.7 Å². The molecule has 8 nitrogen and oxygen atoms in total. The van der Waals surface area contributed by atoms with E-state index in [1.165, 1.54) is 6.33 Å². The van der Waals surface area contributed by atoms with Crippen LogP contribution in [0.4, 0.5) is 11.5 Å². The van der Waals surface area contributed by atoms with E-state index < -0.39 is 11.5 Å². The van der Waals surface area contributed by atoms with Gasteiger partial charge in [-0.05, 0) is 58.2 Å². The zero-order valence-electron chi connectivity index (χ0n) is 24.4. The number of ketones is 2. The molecule has 2 aliphatic carbocycles. The lowest BCUT2D eigenvalue weighted by Crippen LogP contribution is -2.59. The monoisotopic (exact) mass is 603 g/mol. The second kappa shape index (κ2) is 10.7. The van der Waals surface area contributed by atoms with Crippen molar-refractivity contribution in [1.82, 2.24) is 15.3 Å². The first-order chi connectivity index (χ1) is 21.3. The van der Waals surface area contributed by atoms with Crippen molar-refractivity contribution in [2.24, 2.45) is 5.92 Å². The minimum atomic E-state index is -1.11. The molecule has 0 saturated carbocycles. The first-order valence-electron chi connectivity index (χ1n) is 14.6. The van der Waals surface area contributed by atoms with Crippen molar-refractivity contribution in [1.29, 1.82) is 0 Å². The van der Waals surface area contributed by atoms with E-state index in [0.29, 0.717) is 35.1 Å². The summed E-state index contributed by atoms with van der Waals surface area (Å²) in [5, 5.41) is 5.37. The molecule has 1 aromatic heterocycles. The molecule has 2 unspecified atom stereocenters. The van der Waals surface area contributed by atoms with Crippen LogP contribution in [-0.4, -0.2) is 47.2 Å². The minimum absolute atomic E-state index is 0.0167. The molecule has 44 heavy (non-hydrogen) atoms. The number of fused-ring (bicyclic) bond motifs is 6. The first kappa shape index (κ1) is 28.0. The molecule has 2 heterocycles. The van der Waals surface area contributed by atoms with Crippen LogP contribution in [0.5, 0.6) is 0 Å². The molecule has 3 aromatic carbocycles. The lowest BCUT2D eigenvalue weighted by atomic mass is 9.73. The molecule has 1 amide bonds. The fourth-order valence-corrected chi connectivity index (χ4v) is 7.00. The van der Waals surface area contributed by atoms with Gasteiger partial charge in [0.15, 0.2) is 17.4 Å². The molecule has 2 atom stereocenters. The third-order valence-electron chi connectivity index (χ3n) is 9.01. The number of carbonyl (C=O) groups excluding carboxylic acids is 3. The van der Waals surface area contributed by atoms with Crippen LogP contribution in [0, 0.1) is 5.92 Å². The average molecular weight is 604 g/mol. The van der Waals surface area contributed by atoms with Gasteiger partial charge in [0.2, 0.25) is 5.91 Å². The Kier molecular flexibility index (Phi) is 6.81. The molecule has 220 valence electrons. The Hall–Kier alpha value is -4.82. The highest BCUT2D eigenvalue weighted by atomic mass is 35.5. The van der Waals surface area contributed by atoms with Crippen LogP contribution in [0.15, 0.2) is 73.2 Å². The van der Waals surface area contributed by atoms with Gasteiger partial charge in [0.05, 0.1) is 19.4 Å². The van der Waals surface area contributed by atoms with Gasteiger partial charge >= 0.3 is 0 Å². The van der Waals surface area contributed by atoms with Gasteiger partial charge in [-0.15, -0.1) is 0 Å². The average Bonchev–Trinajstić information content (AvgIpc) is 3.40. The largest absolute Gasteiger partial charge is 0.354 e. The molecule has 3 aliphatic rings. The van der Waals surface area contributed by atoms with Crippen molar-refractivity contribution in [2.75, 3.05) is 29.6 Å². The maximum Gasteiger partial charge on any atom is 0.239 e. The quantitative estimate of drug-likeness (QED) is 0.360. The number of hydrogen-bond acceptors (Lipinski definition) is 7. The molecule has 1 N–H and O–H groups in total. The van der Waals surface area contributed by atoms with E-state index in [1.807, 2.05) is 90.4 Å². The molecule has 0 bridgehead atoms. The number of hydrogen-bond donors (Lipinski definition) is 1. The summed E-state index contributed by atoms with van der Waals surface area (Å²) in [5.41, 5.74) is 3.89. The van der Waals surface area contributed by atoms with E-state index in [2.05, 4.69) is 15.3 Å². The number of nitrogens with zero attached hydrogens (tertiary/aromatic N) is 4. The summed E-state index contributed by atoms with van der Waals surface area (Å²) in [7, 11) is 0. The number of rotatable bonds is 6. The number of anilines is 2. The van der Waals surface area contributed by atoms with Crippen LogP contribution in [0.1, 0.15) is 35.3 Å². The van der Waals surface area contributed by atoms with Crippen LogP contribution in [-0.2, 0) is 21.5 Å². The van der Waals surface area contributed by atoms with Crippen LogP contribution in [0.3, 0.4) is 0 Å². The predicted molar refractivity (Wildman–Crippen MR) is 171 cm³/mol. The van der Waals surface area contributed by atoms with Crippen molar-refractivity contribution in [3.05, 3.63) is 105 Å². The van der Waals surface area contributed by atoms with E-state index in [1.54, 1.807) is 12.3 Å². The third kappa shape index (κ3) is 4.40. The van der Waals surface area contributed by atoms with Crippen molar-refractivity contribution in [2.45, 2.75) is 25.8 Å². The molecule has 9 heteroatoms. The summed E-state index contributed by atoms with van der Waals surface area (Å²) in [6, 6.07) is 19.2. The summed E-state index contributed by atoms with van der Waals surface area (Å²) in [6.45, 7) is 4.59. The number of halogens is 1. The molecule has 7 rings (SSSR count). The Morgan fingerprint density at radius 1 is 1.02 bits per heavy atom. The molecule has 0 spiro atoms. The number of carbonyl (C=O) groups is 3. The van der Waals surface area contributed by atoms with Gasteiger partial charge in [0.1, 0.15) is 17.6 Å². The minimum Gasteiger partial charge on any atom is -0.354 e. The van der Waals surface area contributed by atoms with Crippen LogP contribution in [0.2, 0.25) is 5.02 Å². The fourth-order valence-electron chi connectivity index (χ4n) is 6.77. The topological polar surface area (TPSA) is 95.5 Å². The maximum absolute atomic E-state index is 14.2. The van der Waals surface area contributed by atoms with Gasteiger partial charge in [0.25, 0.3) is 0 Å². The summed E-state index contributed by atoms with van der Waals surface area (Å²) < 4.78 is 0. The van der Waals surface area contributed by atoms with E-state index >= 15 is 0 Å². The highest BCUT2D eigenvalue weighted by molar-refractivity contribution is 6.31. The van der Waals surface area contributed by atoms with E-state index in [9.17, 15) is 14.4 Å². The molecule has 0 radical (unpaired) electrons. The number of aromatic nitrogens is 2. The highest BCUT2D eigenvalue weighted by Crippen LogP contribution is 2.43. The number of benzene rings is 3. The Balaban J connectivity index is 1.22. The smallest absolute Gasteiger partial charge is 0.239 e. The summed E-state index contributed by atoms with van der Waals surface area (Å²) in [5.74, 6) is -0.0120. The van der Waals surface area contributed by atoms with Crippen LogP contribution in [0.25, 0.3) is 23.3 Å². The predicted octanol–water partition coefficient (Wildman–Crippen LogP) is 3.63. The standard InChI is InChI=1S/C35H30ClN5O3/c1-21-15-27-26-16-31(42)25-9-5-4-8-23(25)24(26)11-12-28(27)35(2,33(21)44)41-20-40(30-17-37-19-39-34(30)41)18-32(43)38-14-13-22-7-3-6-10-29(22)36/h3-12,15-17,19,21H,13-14,18,20H2,1-2H3,(H,38,43). The molecule has 0 saturated heterocycles. The van der Waals surface area contributed by atoms with Gasteiger partial charge in [-0.25, -0.2) is 9.97 Å². The normalized spacial score (nSPS) is 19.8. The summed E-state index contributed by atoms with van der Waals surface area (Å²) in [6.07, 6.45) is 7.42. The number of amides is 1. The van der Waals surface area contributed by atoms with Crippen LogP contribution < -0.4 is 25.6 Å². The molecule has 1 aliphatic heterocycles. The SMILES string of the molecule is CC1C=c2c(ccc3c2=CC(=O)c2ccccc2-3)C(C)(N2CN(CC(=O)NCCc3ccccc3Cl)c3cncnc32)C1=O. The number of nitrogens with one attached hydrogen (secondary N) is 1. The Morgan fingerprint density at radius 2 is 1.80 bits per heavy atom. The van der Waals surface area contributed by atoms with Crippen molar-refractivity contribution >= 4 is 52.7 Å². The fraction of sp³-hybridized carbons (Fsp3) is 0.229. The first-order valence-corrected chi connectivity index (χ1v) is 15.0. The Morgan fingerprint density at radius 3 is 2.61 bits per heavy atom. The van der Waals surface area contributed by atoms with Crippen molar-refractivity contribution in [3.8, 4) is 11.1 Å². The molecule has 0 fully saturated rings. The van der Waals surface area contributed by atoms with Gasteiger partial charge in [-0.1, -0.05) is 79.2 Å². The van der Waals surface area contributed by atoms with Gasteiger partial charge in [-0.2, -0.15) is 0 Å². The second-order valence-corrected chi connectivity index (χ2v) is 12.0. The summed E-state index contributed by atoms with van der Waals surface area (Å²) >= 11 is 6.27. The van der Waals surface area contributed by atoms with E-state index in [4.69, 9.17) is 11.6 Å². The molecular formula is C35H30ClN5O3. The zero-order chi connectivity index (χ0) is 30.6. The Bertz CT molecular complexity index is 1990. The van der Waals surface area contributed by atoms with Gasteiger partial charge in [-0.3, -0.25) is 14.4 Å². The second-order valence-electron chi connectivity index (χ2n) is 11.6. The molecular weight excluding hydrogens is 574 g/mol. The van der Waals surface area contributed by atoms with Crippen LogP contribution >= 0.6 is 11.6 Å². The maximum atomic E-state index is 14.2. The van der Waals surface area contributed by atoms with Crippen molar-refractivity contribution in [3.63, 3.8) is 0 Å². The number of Topliss-reactive ketones (excluding diaryl/α,β-unsaturated/α-hetero) is 2. The van der Waals surface area contributed by atoms with Gasteiger partial charge < -0.3 is 15.1 Å².